The second kappa shape index (κ2) is 5.60. The molecule has 0 spiro atoms. The van der Waals surface area contributed by atoms with Gasteiger partial charge in [-0.15, -0.1) is 0 Å². The second-order valence-corrected chi connectivity index (χ2v) is 7.17. The van der Waals surface area contributed by atoms with Gasteiger partial charge in [0.25, 0.3) is 5.91 Å². The zero-order chi connectivity index (χ0) is 15.0. The van der Waals surface area contributed by atoms with Crippen LogP contribution in [0.15, 0.2) is 22.6 Å². The van der Waals surface area contributed by atoms with Crippen LogP contribution in [0.1, 0.15) is 23.2 Å². The van der Waals surface area contributed by atoms with Gasteiger partial charge >= 0.3 is 0 Å². The predicted molar refractivity (Wildman–Crippen MR) is 81.7 cm³/mol. The van der Waals surface area contributed by atoms with Gasteiger partial charge in [0.2, 0.25) is 0 Å². The van der Waals surface area contributed by atoms with E-state index in [-0.39, 0.29) is 11.8 Å². The highest BCUT2D eigenvalue weighted by molar-refractivity contribution is 7.85. The molecule has 1 aromatic heterocycles. The largest absolute Gasteiger partial charge is 0.441 e. The molecule has 2 aromatic rings. The highest BCUT2D eigenvalue weighted by Gasteiger charge is 2.25. The van der Waals surface area contributed by atoms with Gasteiger partial charge < -0.3 is 9.32 Å². The van der Waals surface area contributed by atoms with Crippen molar-refractivity contribution >= 4 is 27.8 Å². The number of benzene rings is 1. The van der Waals surface area contributed by atoms with E-state index in [1.54, 1.807) is 24.0 Å². The molecule has 5 nitrogen and oxygen atoms in total. The lowest BCUT2D eigenvalue weighted by Crippen LogP contribution is -2.35. The fourth-order valence-corrected chi connectivity index (χ4v) is 4.05. The van der Waals surface area contributed by atoms with Crippen LogP contribution in [-0.4, -0.2) is 44.6 Å². The SMILES string of the molecule is Cc1nc2c(C(=O)N3CCS(=O)CC(C)C3)cccc2o1. The minimum absolute atomic E-state index is 0.0559. The summed E-state index contributed by atoms with van der Waals surface area (Å²) in [5.74, 6) is 1.95. The van der Waals surface area contributed by atoms with Crippen molar-refractivity contribution in [3.8, 4) is 0 Å². The van der Waals surface area contributed by atoms with Gasteiger partial charge in [-0.05, 0) is 18.1 Å². The number of nitrogens with zero attached hydrogens (tertiary/aromatic N) is 2. The Morgan fingerprint density at radius 3 is 3.10 bits per heavy atom. The van der Waals surface area contributed by atoms with E-state index in [0.29, 0.717) is 47.1 Å². The van der Waals surface area contributed by atoms with Crippen LogP contribution >= 0.6 is 0 Å². The first-order chi connectivity index (χ1) is 10.0. The fourth-order valence-electron chi connectivity index (χ4n) is 2.72. The lowest BCUT2D eigenvalue weighted by atomic mass is 10.1. The smallest absolute Gasteiger partial charge is 0.256 e. The topological polar surface area (TPSA) is 63.4 Å². The zero-order valence-electron chi connectivity index (χ0n) is 12.2. The summed E-state index contributed by atoms with van der Waals surface area (Å²) in [7, 11) is -0.832. The van der Waals surface area contributed by atoms with Crippen molar-refractivity contribution in [3.05, 3.63) is 29.7 Å². The molecule has 0 radical (unpaired) electrons. The number of amides is 1. The molecule has 1 saturated heterocycles. The molecular formula is C15H18N2O3S. The van der Waals surface area contributed by atoms with Gasteiger partial charge in [-0.1, -0.05) is 13.0 Å². The Morgan fingerprint density at radius 2 is 2.29 bits per heavy atom. The third-order valence-corrected chi connectivity index (χ3v) is 5.21. The number of aryl methyl sites for hydroxylation is 1. The monoisotopic (exact) mass is 306 g/mol. The number of para-hydroxylation sites is 1. The molecule has 6 heteroatoms. The van der Waals surface area contributed by atoms with Gasteiger partial charge in [-0.2, -0.15) is 0 Å². The van der Waals surface area contributed by atoms with Crippen molar-refractivity contribution in [2.75, 3.05) is 24.6 Å². The average Bonchev–Trinajstić information content (AvgIpc) is 2.73. The van der Waals surface area contributed by atoms with Crippen molar-refractivity contribution in [1.29, 1.82) is 0 Å². The van der Waals surface area contributed by atoms with E-state index in [0.717, 1.165) is 0 Å². The molecule has 2 unspecified atom stereocenters. The summed E-state index contributed by atoms with van der Waals surface area (Å²) >= 11 is 0. The average molecular weight is 306 g/mol. The summed E-state index contributed by atoms with van der Waals surface area (Å²) in [5, 5.41) is 0. The molecule has 2 heterocycles. The van der Waals surface area contributed by atoms with Crippen LogP contribution in [0.25, 0.3) is 11.1 Å². The van der Waals surface area contributed by atoms with Crippen LogP contribution < -0.4 is 0 Å². The Labute approximate surface area is 125 Å². The van der Waals surface area contributed by atoms with Crippen molar-refractivity contribution in [2.24, 2.45) is 5.92 Å². The Bertz CT molecular complexity index is 710. The molecule has 0 saturated carbocycles. The van der Waals surface area contributed by atoms with Gasteiger partial charge in [0.05, 0.1) is 5.56 Å². The second-order valence-electron chi connectivity index (χ2n) is 5.55. The number of carbonyl (C=O) groups is 1. The first-order valence-electron chi connectivity index (χ1n) is 7.05. The van der Waals surface area contributed by atoms with Crippen LogP contribution in [0, 0.1) is 12.8 Å². The molecule has 2 atom stereocenters. The number of hydrogen-bond acceptors (Lipinski definition) is 4. The third kappa shape index (κ3) is 2.85. The minimum atomic E-state index is -0.832. The van der Waals surface area contributed by atoms with E-state index in [4.69, 9.17) is 4.42 Å². The molecule has 0 aliphatic carbocycles. The van der Waals surface area contributed by atoms with Crippen LogP contribution in [0.3, 0.4) is 0 Å². The normalized spacial score (nSPS) is 23.2. The number of carbonyl (C=O) groups excluding carboxylic acids is 1. The number of hydrogen-bond donors (Lipinski definition) is 0. The van der Waals surface area contributed by atoms with Crippen molar-refractivity contribution in [3.63, 3.8) is 0 Å². The molecule has 0 bridgehead atoms. The molecular weight excluding hydrogens is 288 g/mol. The van der Waals surface area contributed by atoms with Crippen LogP contribution in [0.4, 0.5) is 0 Å². The number of aromatic nitrogens is 1. The highest BCUT2D eigenvalue weighted by Crippen LogP contribution is 2.21. The minimum Gasteiger partial charge on any atom is -0.441 e. The predicted octanol–water partition coefficient (Wildman–Crippen LogP) is 1.98. The van der Waals surface area contributed by atoms with Crippen LogP contribution in [0.2, 0.25) is 0 Å². The molecule has 1 fully saturated rings. The van der Waals surface area contributed by atoms with Gasteiger partial charge in [0, 0.05) is 42.3 Å². The molecule has 1 aliphatic heterocycles. The van der Waals surface area contributed by atoms with Gasteiger partial charge in [0.15, 0.2) is 11.5 Å². The number of oxazole rings is 1. The number of rotatable bonds is 1. The van der Waals surface area contributed by atoms with Crippen LogP contribution in [0.5, 0.6) is 0 Å². The van der Waals surface area contributed by atoms with E-state index in [9.17, 15) is 9.00 Å². The molecule has 1 aromatic carbocycles. The van der Waals surface area contributed by atoms with E-state index in [1.807, 2.05) is 13.0 Å². The molecule has 1 amide bonds. The molecule has 3 rings (SSSR count). The Morgan fingerprint density at radius 1 is 1.48 bits per heavy atom. The standard InChI is InChI=1S/C15H18N2O3S/c1-10-8-17(6-7-21(19)9-10)15(18)12-4-3-5-13-14(12)16-11(2)20-13/h3-5,10H,6-9H2,1-2H3. The lowest BCUT2D eigenvalue weighted by Gasteiger charge is -2.22. The summed E-state index contributed by atoms with van der Waals surface area (Å²) in [4.78, 5) is 18.9. The number of fused-ring (bicyclic) bond motifs is 1. The summed E-state index contributed by atoms with van der Waals surface area (Å²) in [5.41, 5.74) is 1.80. The van der Waals surface area contributed by atoms with Gasteiger partial charge in [-0.25, -0.2) is 4.98 Å². The maximum atomic E-state index is 12.8. The zero-order valence-corrected chi connectivity index (χ0v) is 13.0. The summed E-state index contributed by atoms with van der Waals surface area (Å²) in [6, 6.07) is 5.39. The Hall–Kier alpha value is -1.69. The highest BCUT2D eigenvalue weighted by atomic mass is 32.2. The quantitative estimate of drug-likeness (QED) is 0.808. The van der Waals surface area contributed by atoms with Crippen molar-refractivity contribution < 1.29 is 13.4 Å². The van der Waals surface area contributed by atoms with E-state index < -0.39 is 10.8 Å². The van der Waals surface area contributed by atoms with E-state index in [1.165, 1.54) is 0 Å². The van der Waals surface area contributed by atoms with Crippen molar-refractivity contribution in [1.82, 2.24) is 9.88 Å². The van der Waals surface area contributed by atoms with Crippen molar-refractivity contribution in [2.45, 2.75) is 13.8 Å². The maximum absolute atomic E-state index is 12.8. The molecule has 0 N–H and O–H groups in total. The van der Waals surface area contributed by atoms with Gasteiger partial charge in [-0.3, -0.25) is 9.00 Å². The van der Waals surface area contributed by atoms with E-state index in [2.05, 4.69) is 4.98 Å². The summed E-state index contributed by atoms with van der Waals surface area (Å²) < 4.78 is 17.2. The molecule has 112 valence electrons. The third-order valence-electron chi connectivity index (χ3n) is 3.63. The van der Waals surface area contributed by atoms with Crippen LogP contribution in [-0.2, 0) is 10.8 Å². The summed E-state index contributed by atoms with van der Waals surface area (Å²) in [6.07, 6.45) is 0. The maximum Gasteiger partial charge on any atom is 0.256 e. The van der Waals surface area contributed by atoms with E-state index >= 15 is 0 Å². The Balaban J connectivity index is 1.94. The first-order valence-corrected chi connectivity index (χ1v) is 8.54. The fraction of sp³-hybridized carbons (Fsp3) is 0.467. The lowest BCUT2D eigenvalue weighted by molar-refractivity contribution is 0.0753. The Kier molecular flexibility index (Phi) is 3.80. The first kappa shape index (κ1) is 14.3. The van der Waals surface area contributed by atoms with Gasteiger partial charge in [0.1, 0.15) is 5.52 Å². The molecule has 1 aliphatic rings. The summed E-state index contributed by atoms with van der Waals surface area (Å²) in [6.45, 7) is 4.97. The molecule has 21 heavy (non-hydrogen) atoms.